The van der Waals surface area contributed by atoms with E-state index in [1.165, 1.54) is 6.07 Å². The van der Waals surface area contributed by atoms with E-state index in [1.54, 1.807) is 19.1 Å². The van der Waals surface area contributed by atoms with Crippen LogP contribution in [0.2, 0.25) is 0 Å². The number of hydrogen-bond acceptors (Lipinski definition) is 1. The van der Waals surface area contributed by atoms with Crippen LogP contribution < -0.4 is 0 Å². The van der Waals surface area contributed by atoms with Gasteiger partial charge in [0.2, 0.25) is 0 Å². The van der Waals surface area contributed by atoms with Crippen LogP contribution in [-0.4, -0.2) is 5.11 Å². The first-order valence-electron chi connectivity index (χ1n) is 6.62. The highest BCUT2D eigenvalue weighted by atomic mass is 19.1. The molecule has 0 bridgehead atoms. The molecular weight excluding hydrogens is 239 g/mol. The lowest BCUT2D eigenvalue weighted by Gasteiger charge is -2.22. The zero-order chi connectivity index (χ0) is 13.8. The standard InChI is InChI=1S/C17H19FO/c1-3-15(13-7-5-4-6-8-13)17(19)14-10-9-12(2)16(18)11-14/h4-11,15,17,19H,3H2,1-2H3. The summed E-state index contributed by atoms with van der Waals surface area (Å²) in [6.07, 6.45) is 0.128. The predicted molar refractivity (Wildman–Crippen MR) is 75.6 cm³/mol. The molecule has 2 atom stereocenters. The van der Waals surface area contributed by atoms with Gasteiger partial charge in [-0.1, -0.05) is 49.4 Å². The van der Waals surface area contributed by atoms with Crippen molar-refractivity contribution in [1.82, 2.24) is 0 Å². The van der Waals surface area contributed by atoms with Crippen LogP contribution in [0, 0.1) is 12.7 Å². The van der Waals surface area contributed by atoms with Crippen molar-refractivity contribution in [2.24, 2.45) is 0 Å². The average molecular weight is 258 g/mol. The summed E-state index contributed by atoms with van der Waals surface area (Å²) in [5.41, 5.74) is 2.32. The van der Waals surface area contributed by atoms with Gasteiger partial charge in [-0.05, 0) is 36.1 Å². The second-order valence-corrected chi connectivity index (χ2v) is 4.88. The van der Waals surface area contributed by atoms with E-state index in [9.17, 15) is 9.50 Å². The van der Waals surface area contributed by atoms with E-state index < -0.39 is 6.10 Å². The van der Waals surface area contributed by atoms with Crippen LogP contribution in [0.1, 0.15) is 42.1 Å². The predicted octanol–water partition coefficient (Wildman–Crippen LogP) is 4.36. The van der Waals surface area contributed by atoms with Crippen LogP contribution >= 0.6 is 0 Å². The van der Waals surface area contributed by atoms with Gasteiger partial charge in [-0.25, -0.2) is 4.39 Å². The van der Waals surface area contributed by atoms with E-state index in [0.29, 0.717) is 11.1 Å². The molecule has 0 amide bonds. The first kappa shape index (κ1) is 13.8. The number of benzene rings is 2. The van der Waals surface area contributed by atoms with Gasteiger partial charge in [0.25, 0.3) is 0 Å². The molecule has 2 rings (SSSR count). The number of rotatable bonds is 4. The molecule has 2 aromatic rings. The summed E-state index contributed by atoms with van der Waals surface area (Å²) in [5, 5.41) is 10.5. The molecule has 0 aliphatic rings. The fourth-order valence-electron chi connectivity index (χ4n) is 2.37. The SMILES string of the molecule is CCC(c1ccccc1)C(O)c1ccc(C)c(F)c1. The van der Waals surface area contributed by atoms with Gasteiger partial charge in [-0.3, -0.25) is 0 Å². The van der Waals surface area contributed by atoms with Gasteiger partial charge in [0, 0.05) is 5.92 Å². The highest BCUT2D eigenvalue weighted by Crippen LogP contribution is 2.33. The summed E-state index contributed by atoms with van der Waals surface area (Å²) in [7, 11) is 0. The molecule has 1 N–H and O–H groups in total. The van der Waals surface area contributed by atoms with Crippen LogP contribution in [0.4, 0.5) is 4.39 Å². The molecule has 0 aromatic heterocycles. The summed E-state index contributed by atoms with van der Waals surface area (Å²) < 4.78 is 13.6. The van der Waals surface area contributed by atoms with Crippen LogP contribution in [0.25, 0.3) is 0 Å². The van der Waals surface area contributed by atoms with Gasteiger partial charge in [-0.15, -0.1) is 0 Å². The van der Waals surface area contributed by atoms with Gasteiger partial charge in [-0.2, -0.15) is 0 Å². The molecule has 100 valence electrons. The van der Waals surface area contributed by atoms with Gasteiger partial charge in [0.15, 0.2) is 0 Å². The third-order valence-corrected chi connectivity index (χ3v) is 3.59. The highest BCUT2D eigenvalue weighted by Gasteiger charge is 2.21. The lowest BCUT2D eigenvalue weighted by atomic mass is 9.87. The minimum Gasteiger partial charge on any atom is -0.388 e. The first-order valence-corrected chi connectivity index (χ1v) is 6.62. The topological polar surface area (TPSA) is 20.2 Å². The van der Waals surface area contributed by atoms with E-state index in [0.717, 1.165) is 12.0 Å². The molecule has 0 spiro atoms. The Morgan fingerprint density at radius 1 is 1.05 bits per heavy atom. The number of hydrogen-bond donors (Lipinski definition) is 1. The van der Waals surface area contributed by atoms with Crippen molar-refractivity contribution < 1.29 is 9.50 Å². The number of aliphatic hydroxyl groups is 1. The van der Waals surface area contributed by atoms with Crippen molar-refractivity contribution in [2.45, 2.75) is 32.3 Å². The largest absolute Gasteiger partial charge is 0.388 e. The Bertz CT molecular complexity index is 536. The summed E-state index contributed by atoms with van der Waals surface area (Å²) in [5.74, 6) is -0.275. The molecule has 0 saturated carbocycles. The Morgan fingerprint density at radius 2 is 1.74 bits per heavy atom. The van der Waals surface area contributed by atoms with Crippen LogP contribution in [0.5, 0.6) is 0 Å². The molecule has 0 aliphatic carbocycles. The zero-order valence-corrected chi connectivity index (χ0v) is 11.3. The Morgan fingerprint density at radius 3 is 2.32 bits per heavy atom. The maximum Gasteiger partial charge on any atom is 0.126 e. The average Bonchev–Trinajstić information content (AvgIpc) is 2.44. The number of aryl methyl sites for hydroxylation is 1. The molecule has 2 heteroatoms. The zero-order valence-electron chi connectivity index (χ0n) is 11.3. The quantitative estimate of drug-likeness (QED) is 0.863. The van der Waals surface area contributed by atoms with Crippen molar-refractivity contribution in [3.63, 3.8) is 0 Å². The maximum absolute atomic E-state index is 13.6. The van der Waals surface area contributed by atoms with E-state index >= 15 is 0 Å². The number of halogens is 1. The van der Waals surface area contributed by atoms with Gasteiger partial charge in [0.1, 0.15) is 5.82 Å². The van der Waals surface area contributed by atoms with Crippen molar-refractivity contribution in [3.8, 4) is 0 Å². The molecule has 19 heavy (non-hydrogen) atoms. The second-order valence-electron chi connectivity index (χ2n) is 4.88. The highest BCUT2D eigenvalue weighted by molar-refractivity contribution is 5.29. The molecule has 0 fully saturated rings. The molecule has 0 aliphatic heterocycles. The van der Waals surface area contributed by atoms with Gasteiger partial charge in [0.05, 0.1) is 6.10 Å². The normalized spacial score (nSPS) is 14.1. The van der Waals surface area contributed by atoms with E-state index in [2.05, 4.69) is 0 Å². The summed E-state index contributed by atoms with van der Waals surface area (Å²) in [6, 6.07) is 14.8. The third-order valence-electron chi connectivity index (χ3n) is 3.59. The van der Waals surface area contributed by atoms with Crippen LogP contribution in [-0.2, 0) is 0 Å². The Hall–Kier alpha value is -1.67. The Labute approximate surface area is 113 Å². The van der Waals surface area contributed by atoms with E-state index in [1.807, 2.05) is 37.3 Å². The second kappa shape index (κ2) is 5.98. The fraction of sp³-hybridized carbons (Fsp3) is 0.294. The van der Waals surface area contributed by atoms with Crippen molar-refractivity contribution in [2.75, 3.05) is 0 Å². The van der Waals surface area contributed by atoms with E-state index in [-0.39, 0.29) is 11.7 Å². The lowest BCUT2D eigenvalue weighted by molar-refractivity contribution is 0.142. The molecule has 0 heterocycles. The van der Waals surface area contributed by atoms with Crippen molar-refractivity contribution >= 4 is 0 Å². The minimum absolute atomic E-state index is 0.0108. The molecule has 0 radical (unpaired) electrons. The van der Waals surface area contributed by atoms with E-state index in [4.69, 9.17) is 0 Å². The lowest BCUT2D eigenvalue weighted by Crippen LogP contribution is -2.10. The monoisotopic (exact) mass is 258 g/mol. The summed E-state index contributed by atoms with van der Waals surface area (Å²) in [6.45, 7) is 3.76. The third kappa shape index (κ3) is 3.02. The molecular formula is C17H19FO. The van der Waals surface area contributed by atoms with Gasteiger partial charge < -0.3 is 5.11 Å². The fourth-order valence-corrected chi connectivity index (χ4v) is 2.37. The van der Waals surface area contributed by atoms with Crippen molar-refractivity contribution in [1.29, 1.82) is 0 Å². The Kier molecular flexibility index (Phi) is 4.33. The summed E-state index contributed by atoms with van der Waals surface area (Å²) >= 11 is 0. The van der Waals surface area contributed by atoms with Crippen LogP contribution in [0.3, 0.4) is 0 Å². The molecule has 1 nitrogen and oxygen atoms in total. The minimum atomic E-state index is -0.678. The molecule has 2 aromatic carbocycles. The van der Waals surface area contributed by atoms with Crippen LogP contribution in [0.15, 0.2) is 48.5 Å². The number of aliphatic hydroxyl groups excluding tert-OH is 1. The summed E-state index contributed by atoms with van der Waals surface area (Å²) in [4.78, 5) is 0. The Balaban J connectivity index is 2.30. The van der Waals surface area contributed by atoms with Gasteiger partial charge >= 0.3 is 0 Å². The molecule has 2 unspecified atom stereocenters. The first-order chi connectivity index (χ1) is 9.13. The smallest absolute Gasteiger partial charge is 0.126 e. The molecule has 0 saturated heterocycles. The maximum atomic E-state index is 13.6. The van der Waals surface area contributed by atoms with Crippen molar-refractivity contribution in [3.05, 3.63) is 71.0 Å².